The van der Waals surface area contributed by atoms with Crippen LogP contribution >= 0.6 is 24.8 Å². The molecule has 1 heterocycles. The van der Waals surface area contributed by atoms with Crippen molar-refractivity contribution in [1.29, 1.82) is 0 Å². The second-order valence-corrected chi connectivity index (χ2v) is 2.26. The zero-order chi connectivity index (χ0) is 8.43. The highest BCUT2D eigenvalue weighted by Gasteiger charge is 2.14. The zero-order valence-electron chi connectivity index (χ0n) is 6.88. The number of hydrogen-bond acceptors (Lipinski definition) is 3. The summed E-state index contributed by atoms with van der Waals surface area (Å²) in [6.45, 7) is 0. The van der Waals surface area contributed by atoms with E-state index in [1.54, 1.807) is 13.2 Å². The number of aromatic nitrogens is 2. The molecule has 76 valence electrons. The van der Waals surface area contributed by atoms with Gasteiger partial charge in [0, 0.05) is 18.8 Å². The molecule has 0 spiro atoms. The maximum Gasteiger partial charge on any atom is 0.325 e. The number of carboxylic acid groups (broad SMARTS) is 1. The van der Waals surface area contributed by atoms with Gasteiger partial charge in [0.05, 0.1) is 6.20 Å². The average molecular weight is 228 g/mol. The fourth-order valence-electron chi connectivity index (χ4n) is 0.743. The molecular weight excluding hydrogens is 217 g/mol. The molecule has 0 bridgehead atoms. The van der Waals surface area contributed by atoms with Crippen molar-refractivity contribution in [3.05, 3.63) is 18.0 Å². The summed E-state index contributed by atoms with van der Waals surface area (Å²) in [5, 5.41) is 12.3. The van der Waals surface area contributed by atoms with E-state index in [4.69, 9.17) is 10.8 Å². The Kier molecular flexibility index (Phi) is 6.57. The summed E-state index contributed by atoms with van der Waals surface area (Å²) in [5.41, 5.74) is 5.81. The molecule has 1 unspecified atom stereocenters. The number of carbonyl (C=O) groups is 1. The minimum Gasteiger partial charge on any atom is -0.480 e. The van der Waals surface area contributed by atoms with Crippen LogP contribution in [0.3, 0.4) is 0 Å². The summed E-state index contributed by atoms with van der Waals surface area (Å²) < 4.78 is 1.51. The Morgan fingerprint density at radius 3 is 2.54 bits per heavy atom. The normalized spacial score (nSPS) is 10.9. The van der Waals surface area contributed by atoms with Gasteiger partial charge in [-0.15, -0.1) is 24.8 Å². The van der Waals surface area contributed by atoms with E-state index in [0.717, 1.165) is 0 Å². The number of rotatable bonds is 2. The lowest BCUT2D eigenvalue weighted by Crippen LogP contribution is -2.19. The first-order chi connectivity index (χ1) is 5.11. The summed E-state index contributed by atoms with van der Waals surface area (Å²) in [6, 6.07) is -0.969. The molecule has 0 saturated heterocycles. The number of aliphatic carboxylic acids is 1. The molecule has 0 aliphatic rings. The third-order valence-electron chi connectivity index (χ3n) is 1.35. The van der Waals surface area contributed by atoms with Crippen LogP contribution in [-0.2, 0) is 11.8 Å². The van der Waals surface area contributed by atoms with E-state index in [2.05, 4.69) is 5.10 Å². The Bertz CT molecular complexity index is 277. The molecule has 0 aliphatic heterocycles. The molecule has 1 rings (SSSR count). The van der Waals surface area contributed by atoms with Gasteiger partial charge in [-0.3, -0.25) is 9.48 Å². The van der Waals surface area contributed by atoms with Gasteiger partial charge in [-0.1, -0.05) is 0 Å². The molecule has 0 amide bonds. The number of halogens is 2. The minimum atomic E-state index is -1.04. The smallest absolute Gasteiger partial charge is 0.325 e. The average Bonchev–Trinajstić information content (AvgIpc) is 2.34. The van der Waals surface area contributed by atoms with Gasteiger partial charge in [0.25, 0.3) is 0 Å². The second kappa shape index (κ2) is 5.80. The quantitative estimate of drug-likeness (QED) is 0.765. The van der Waals surface area contributed by atoms with Gasteiger partial charge in [0.15, 0.2) is 0 Å². The Hall–Kier alpha value is -0.780. The van der Waals surface area contributed by atoms with Crippen LogP contribution in [0.5, 0.6) is 0 Å². The lowest BCUT2D eigenvalue weighted by molar-refractivity contribution is -0.138. The molecule has 1 atom stereocenters. The Balaban J connectivity index is 0. The predicted molar refractivity (Wildman–Crippen MR) is 52.3 cm³/mol. The van der Waals surface area contributed by atoms with Crippen molar-refractivity contribution in [2.45, 2.75) is 6.04 Å². The van der Waals surface area contributed by atoms with Gasteiger partial charge < -0.3 is 10.8 Å². The summed E-state index contributed by atoms with van der Waals surface area (Å²) in [5.74, 6) is -1.04. The van der Waals surface area contributed by atoms with Crippen molar-refractivity contribution in [3.63, 3.8) is 0 Å². The first kappa shape index (κ1) is 14.7. The van der Waals surface area contributed by atoms with E-state index in [9.17, 15) is 4.79 Å². The van der Waals surface area contributed by atoms with Crippen molar-refractivity contribution in [3.8, 4) is 0 Å². The van der Waals surface area contributed by atoms with Gasteiger partial charge >= 0.3 is 5.97 Å². The van der Waals surface area contributed by atoms with Crippen LogP contribution in [-0.4, -0.2) is 20.9 Å². The van der Waals surface area contributed by atoms with E-state index < -0.39 is 12.0 Å². The maximum absolute atomic E-state index is 10.3. The monoisotopic (exact) mass is 227 g/mol. The summed E-state index contributed by atoms with van der Waals surface area (Å²) in [6.07, 6.45) is 3.03. The molecule has 5 nitrogen and oxygen atoms in total. The Morgan fingerprint density at radius 1 is 1.69 bits per heavy atom. The third-order valence-corrected chi connectivity index (χ3v) is 1.35. The van der Waals surface area contributed by atoms with Crippen LogP contribution in [0.1, 0.15) is 11.6 Å². The molecule has 3 N–H and O–H groups in total. The fraction of sp³-hybridized carbons (Fsp3) is 0.333. The molecule has 0 aromatic carbocycles. The standard InChI is InChI=1S/C6H9N3O2.2ClH/c1-9-3-4(2-8-9)5(7)6(10)11;;/h2-3,5H,7H2,1H3,(H,10,11);2*1H. The molecular formula is C6H11Cl2N3O2. The number of aryl methyl sites for hydroxylation is 1. The lowest BCUT2D eigenvalue weighted by Gasteiger charge is -2.00. The van der Waals surface area contributed by atoms with Crippen LogP contribution < -0.4 is 5.73 Å². The number of carboxylic acids is 1. The number of nitrogens with two attached hydrogens (primary N) is 1. The Labute approximate surface area is 87.7 Å². The lowest BCUT2D eigenvalue weighted by atomic mass is 10.2. The van der Waals surface area contributed by atoms with Crippen molar-refractivity contribution >= 4 is 30.8 Å². The molecule has 0 saturated carbocycles. The highest BCUT2D eigenvalue weighted by molar-refractivity contribution is 5.85. The van der Waals surface area contributed by atoms with E-state index in [1.165, 1.54) is 10.9 Å². The Morgan fingerprint density at radius 2 is 2.23 bits per heavy atom. The van der Waals surface area contributed by atoms with Crippen LogP contribution in [0.25, 0.3) is 0 Å². The van der Waals surface area contributed by atoms with Gasteiger partial charge in [-0.2, -0.15) is 5.10 Å². The number of nitrogens with zero attached hydrogens (tertiary/aromatic N) is 2. The molecule has 1 aromatic rings. The maximum atomic E-state index is 10.3. The van der Waals surface area contributed by atoms with Crippen LogP contribution in [0.4, 0.5) is 0 Å². The van der Waals surface area contributed by atoms with Crippen molar-refractivity contribution in [1.82, 2.24) is 9.78 Å². The van der Waals surface area contributed by atoms with Crippen molar-refractivity contribution in [2.75, 3.05) is 0 Å². The first-order valence-electron chi connectivity index (χ1n) is 3.08. The van der Waals surface area contributed by atoms with Crippen LogP contribution in [0.15, 0.2) is 12.4 Å². The summed E-state index contributed by atoms with van der Waals surface area (Å²) >= 11 is 0. The van der Waals surface area contributed by atoms with Gasteiger partial charge in [0.2, 0.25) is 0 Å². The SMILES string of the molecule is Cl.Cl.Cn1cc(C(N)C(=O)O)cn1. The minimum absolute atomic E-state index is 0. The second-order valence-electron chi connectivity index (χ2n) is 2.26. The number of hydrogen-bond donors (Lipinski definition) is 2. The fourth-order valence-corrected chi connectivity index (χ4v) is 0.743. The van der Waals surface area contributed by atoms with Crippen LogP contribution in [0.2, 0.25) is 0 Å². The van der Waals surface area contributed by atoms with Crippen molar-refractivity contribution < 1.29 is 9.90 Å². The first-order valence-corrected chi connectivity index (χ1v) is 3.08. The summed E-state index contributed by atoms with van der Waals surface area (Å²) in [4.78, 5) is 10.3. The molecule has 0 aliphatic carbocycles. The van der Waals surface area contributed by atoms with E-state index in [1.807, 2.05) is 0 Å². The molecule has 0 fully saturated rings. The molecule has 0 radical (unpaired) electrons. The largest absolute Gasteiger partial charge is 0.480 e. The molecule has 7 heteroatoms. The van der Waals surface area contributed by atoms with E-state index in [-0.39, 0.29) is 24.8 Å². The third kappa shape index (κ3) is 3.63. The summed E-state index contributed by atoms with van der Waals surface area (Å²) in [7, 11) is 1.71. The van der Waals surface area contributed by atoms with Crippen LogP contribution in [0, 0.1) is 0 Å². The highest BCUT2D eigenvalue weighted by Crippen LogP contribution is 2.07. The van der Waals surface area contributed by atoms with Gasteiger partial charge in [-0.05, 0) is 0 Å². The zero-order valence-corrected chi connectivity index (χ0v) is 8.51. The molecule has 1 aromatic heterocycles. The van der Waals surface area contributed by atoms with Gasteiger partial charge in [0.1, 0.15) is 6.04 Å². The highest BCUT2D eigenvalue weighted by atomic mass is 35.5. The van der Waals surface area contributed by atoms with Crippen molar-refractivity contribution in [2.24, 2.45) is 12.8 Å². The molecule has 13 heavy (non-hydrogen) atoms. The van der Waals surface area contributed by atoms with E-state index in [0.29, 0.717) is 5.56 Å². The topological polar surface area (TPSA) is 81.1 Å². The predicted octanol–water partition coefficient (Wildman–Crippen LogP) is 0.348. The van der Waals surface area contributed by atoms with Gasteiger partial charge in [-0.25, -0.2) is 0 Å². The van der Waals surface area contributed by atoms with E-state index >= 15 is 0 Å².